The van der Waals surface area contributed by atoms with Gasteiger partial charge in [-0.25, -0.2) is 4.98 Å². The molecule has 2 N–H and O–H groups in total. The summed E-state index contributed by atoms with van der Waals surface area (Å²) in [5, 5.41) is 6.22. The second-order valence-corrected chi connectivity index (χ2v) is 8.63. The lowest BCUT2D eigenvalue weighted by atomic mass is 10.1. The molecule has 0 aromatic carbocycles. The van der Waals surface area contributed by atoms with Crippen LogP contribution in [0.5, 0.6) is 0 Å². The maximum Gasteiger partial charge on any atom is 0.257 e. The predicted octanol–water partition coefficient (Wildman–Crippen LogP) is 2.98. The van der Waals surface area contributed by atoms with Crippen LogP contribution < -0.4 is 15.5 Å². The first-order chi connectivity index (χ1) is 13.8. The molecule has 0 atom stereocenters. The van der Waals surface area contributed by atoms with Gasteiger partial charge in [0.15, 0.2) is 0 Å². The Balaban J connectivity index is 2.38. The average molecular weight is 404 g/mol. The van der Waals surface area contributed by atoms with Gasteiger partial charge in [-0.3, -0.25) is 9.59 Å². The van der Waals surface area contributed by atoms with Crippen LogP contribution in [0.1, 0.15) is 57.8 Å². The van der Waals surface area contributed by atoms with Gasteiger partial charge in [-0.15, -0.1) is 0 Å². The number of carbonyl (C=O) groups excluding carboxylic acids is 2. The SMILES string of the molecule is CCCC(=O)Nc1cnc(N2CCNCC2)c(C(=O)N(CC(C)C)CC(C)C)c1. The summed E-state index contributed by atoms with van der Waals surface area (Å²) in [5.74, 6) is 1.40. The molecule has 1 aromatic heterocycles. The zero-order valence-electron chi connectivity index (χ0n) is 18.6. The van der Waals surface area contributed by atoms with Crippen LogP contribution in [0.25, 0.3) is 0 Å². The van der Waals surface area contributed by atoms with E-state index in [-0.39, 0.29) is 11.8 Å². The van der Waals surface area contributed by atoms with Gasteiger partial charge in [0.25, 0.3) is 5.91 Å². The first kappa shape index (κ1) is 23.1. The molecule has 0 radical (unpaired) electrons. The van der Waals surface area contributed by atoms with Crippen molar-refractivity contribution < 1.29 is 9.59 Å². The summed E-state index contributed by atoms with van der Waals surface area (Å²) in [7, 11) is 0. The van der Waals surface area contributed by atoms with Gasteiger partial charge in [-0.1, -0.05) is 34.6 Å². The van der Waals surface area contributed by atoms with Gasteiger partial charge in [0.2, 0.25) is 5.91 Å². The molecule has 2 heterocycles. The second kappa shape index (κ2) is 11.1. The fourth-order valence-corrected chi connectivity index (χ4v) is 3.55. The summed E-state index contributed by atoms with van der Waals surface area (Å²) in [5.41, 5.74) is 1.15. The molecule has 1 aliphatic heterocycles. The van der Waals surface area contributed by atoms with Gasteiger partial charge in [-0.05, 0) is 24.3 Å². The van der Waals surface area contributed by atoms with Crippen LogP contribution in [0.4, 0.5) is 11.5 Å². The Hall–Kier alpha value is -2.15. The molecule has 1 aliphatic rings. The second-order valence-electron chi connectivity index (χ2n) is 8.63. The third-order valence-electron chi connectivity index (χ3n) is 4.73. The van der Waals surface area contributed by atoms with E-state index in [9.17, 15) is 9.59 Å². The molecule has 0 bridgehead atoms. The fourth-order valence-electron chi connectivity index (χ4n) is 3.55. The maximum atomic E-state index is 13.6. The molecule has 0 unspecified atom stereocenters. The quantitative estimate of drug-likeness (QED) is 0.663. The highest BCUT2D eigenvalue weighted by atomic mass is 16.2. The molecule has 0 saturated carbocycles. The fraction of sp³-hybridized carbons (Fsp3) is 0.682. The van der Waals surface area contributed by atoms with Gasteiger partial charge in [0.05, 0.1) is 17.4 Å². The summed E-state index contributed by atoms with van der Waals surface area (Å²) in [4.78, 5) is 34.3. The Morgan fingerprint density at radius 1 is 1.17 bits per heavy atom. The number of rotatable bonds is 9. The number of pyridine rings is 1. The molecular formula is C22H37N5O2. The van der Waals surface area contributed by atoms with Crippen LogP contribution in [-0.4, -0.2) is 61.0 Å². The summed E-state index contributed by atoms with van der Waals surface area (Å²) in [6.45, 7) is 15.2. The lowest BCUT2D eigenvalue weighted by molar-refractivity contribution is -0.116. The number of piperazine rings is 1. The van der Waals surface area contributed by atoms with Crippen LogP contribution in [0, 0.1) is 11.8 Å². The van der Waals surface area contributed by atoms with Crippen molar-refractivity contribution in [3.8, 4) is 0 Å². The van der Waals surface area contributed by atoms with Crippen molar-refractivity contribution in [3.05, 3.63) is 17.8 Å². The highest BCUT2D eigenvalue weighted by molar-refractivity contribution is 6.01. The van der Waals surface area contributed by atoms with Crippen LogP contribution in [0.15, 0.2) is 12.3 Å². The van der Waals surface area contributed by atoms with Crippen molar-refractivity contribution in [2.75, 3.05) is 49.5 Å². The van der Waals surface area contributed by atoms with Gasteiger partial charge < -0.3 is 20.4 Å². The zero-order valence-corrected chi connectivity index (χ0v) is 18.6. The van der Waals surface area contributed by atoms with E-state index < -0.39 is 0 Å². The highest BCUT2D eigenvalue weighted by Gasteiger charge is 2.25. The Bertz CT molecular complexity index is 674. The minimum atomic E-state index is -0.0520. The van der Waals surface area contributed by atoms with Crippen LogP contribution in [0.3, 0.4) is 0 Å². The largest absolute Gasteiger partial charge is 0.353 e. The topological polar surface area (TPSA) is 77.6 Å². The lowest BCUT2D eigenvalue weighted by Gasteiger charge is -2.32. The van der Waals surface area contributed by atoms with Crippen molar-refractivity contribution in [2.45, 2.75) is 47.5 Å². The number of nitrogens with zero attached hydrogens (tertiary/aromatic N) is 3. The summed E-state index contributed by atoms with van der Waals surface area (Å²) >= 11 is 0. The average Bonchev–Trinajstić information content (AvgIpc) is 2.67. The van der Waals surface area contributed by atoms with Crippen LogP contribution in [-0.2, 0) is 4.79 Å². The van der Waals surface area contributed by atoms with E-state index in [4.69, 9.17) is 0 Å². The highest BCUT2D eigenvalue weighted by Crippen LogP contribution is 2.24. The van der Waals surface area contributed by atoms with Gasteiger partial charge in [0.1, 0.15) is 5.82 Å². The van der Waals surface area contributed by atoms with Crippen molar-refractivity contribution in [3.63, 3.8) is 0 Å². The molecule has 2 rings (SSSR count). The lowest BCUT2D eigenvalue weighted by Crippen LogP contribution is -2.45. The van der Waals surface area contributed by atoms with Crippen molar-refractivity contribution in [1.82, 2.24) is 15.2 Å². The summed E-state index contributed by atoms with van der Waals surface area (Å²) in [6, 6.07) is 1.80. The number of aromatic nitrogens is 1. The normalized spacial score (nSPS) is 14.4. The molecule has 2 amide bonds. The molecule has 7 nitrogen and oxygen atoms in total. The van der Waals surface area contributed by atoms with E-state index in [2.05, 4.69) is 48.2 Å². The van der Waals surface area contributed by atoms with E-state index in [0.29, 0.717) is 48.4 Å². The van der Waals surface area contributed by atoms with Gasteiger partial charge in [-0.2, -0.15) is 0 Å². The van der Waals surface area contributed by atoms with Gasteiger partial charge in [0, 0.05) is 45.7 Å². The van der Waals surface area contributed by atoms with Crippen molar-refractivity contribution >= 4 is 23.3 Å². The Morgan fingerprint density at radius 3 is 2.34 bits per heavy atom. The van der Waals surface area contributed by atoms with Crippen molar-refractivity contribution in [1.29, 1.82) is 0 Å². The Labute approximate surface area is 175 Å². The first-order valence-electron chi connectivity index (χ1n) is 10.9. The number of nitrogens with one attached hydrogen (secondary N) is 2. The van der Waals surface area contributed by atoms with E-state index in [1.54, 1.807) is 12.3 Å². The van der Waals surface area contributed by atoms with E-state index >= 15 is 0 Å². The molecule has 0 aliphatic carbocycles. The summed E-state index contributed by atoms with van der Waals surface area (Å²) < 4.78 is 0. The minimum absolute atomic E-state index is 0.0139. The Kier molecular flexibility index (Phi) is 8.89. The molecule has 1 saturated heterocycles. The minimum Gasteiger partial charge on any atom is -0.353 e. The maximum absolute atomic E-state index is 13.6. The number of amides is 2. The Morgan fingerprint density at radius 2 is 1.79 bits per heavy atom. The van der Waals surface area contributed by atoms with Crippen LogP contribution >= 0.6 is 0 Å². The van der Waals surface area contributed by atoms with E-state index in [0.717, 1.165) is 32.6 Å². The smallest absolute Gasteiger partial charge is 0.257 e. The number of hydrogen-bond acceptors (Lipinski definition) is 5. The first-order valence-corrected chi connectivity index (χ1v) is 10.9. The third-order valence-corrected chi connectivity index (χ3v) is 4.73. The number of hydrogen-bond donors (Lipinski definition) is 2. The zero-order chi connectivity index (χ0) is 21.4. The van der Waals surface area contributed by atoms with Crippen molar-refractivity contribution in [2.24, 2.45) is 11.8 Å². The third kappa shape index (κ3) is 6.99. The monoisotopic (exact) mass is 403 g/mol. The molecule has 29 heavy (non-hydrogen) atoms. The van der Waals surface area contributed by atoms with Gasteiger partial charge >= 0.3 is 0 Å². The van der Waals surface area contributed by atoms with E-state index in [1.807, 2.05) is 11.8 Å². The van der Waals surface area contributed by atoms with Crippen LogP contribution in [0.2, 0.25) is 0 Å². The predicted molar refractivity (Wildman–Crippen MR) is 118 cm³/mol. The number of carbonyl (C=O) groups is 2. The molecule has 7 heteroatoms. The molecule has 1 aromatic rings. The molecule has 0 spiro atoms. The number of anilines is 2. The summed E-state index contributed by atoms with van der Waals surface area (Å²) in [6.07, 6.45) is 2.90. The molecule has 1 fully saturated rings. The molecular weight excluding hydrogens is 366 g/mol. The van der Waals surface area contributed by atoms with E-state index in [1.165, 1.54) is 0 Å². The standard InChI is InChI=1S/C22H37N5O2/c1-6-7-20(28)25-18-12-19(21(24-13-18)26-10-8-23-9-11-26)22(29)27(14-16(2)3)15-17(4)5/h12-13,16-17,23H,6-11,14-15H2,1-5H3,(H,25,28). The molecule has 162 valence electrons.